The Labute approximate surface area is 124 Å². The Balaban J connectivity index is 1.79. The lowest BCUT2D eigenvalue weighted by Crippen LogP contribution is -2.54. The van der Waals surface area contributed by atoms with E-state index in [0.29, 0.717) is 10.8 Å². The normalized spacial score (nSPS) is 24.1. The van der Waals surface area contributed by atoms with Crippen LogP contribution in [-0.4, -0.2) is 13.6 Å². The van der Waals surface area contributed by atoms with Gasteiger partial charge in [0.2, 0.25) is 0 Å². The van der Waals surface area contributed by atoms with Gasteiger partial charge < -0.3 is 5.32 Å². The number of aryl methyl sites for hydroxylation is 1. The van der Waals surface area contributed by atoms with Gasteiger partial charge in [-0.25, -0.2) is 0 Å². The summed E-state index contributed by atoms with van der Waals surface area (Å²) < 4.78 is 0. The van der Waals surface area contributed by atoms with Crippen LogP contribution < -0.4 is 5.32 Å². The van der Waals surface area contributed by atoms with Crippen LogP contribution in [0.15, 0.2) is 24.3 Å². The zero-order valence-corrected chi connectivity index (χ0v) is 13.2. The molecule has 1 N–H and O–H groups in total. The second kappa shape index (κ2) is 5.52. The SMILES string of the molecule is CNCC1(c2ccc(C)cc2)CC2(CCCCCC2)C1. The summed E-state index contributed by atoms with van der Waals surface area (Å²) >= 11 is 0. The maximum Gasteiger partial charge on any atom is 0.00882 e. The fourth-order valence-electron chi connectivity index (χ4n) is 4.89. The van der Waals surface area contributed by atoms with E-state index in [4.69, 9.17) is 0 Å². The highest BCUT2D eigenvalue weighted by atomic mass is 14.8. The Kier molecular flexibility index (Phi) is 3.90. The van der Waals surface area contributed by atoms with E-state index in [1.165, 1.54) is 56.9 Å². The molecule has 0 saturated heterocycles. The van der Waals surface area contributed by atoms with Gasteiger partial charge in [0.05, 0.1) is 0 Å². The highest BCUT2D eigenvalue weighted by molar-refractivity contribution is 5.33. The smallest absolute Gasteiger partial charge is 0.00882 e. The van der Waals surface area contributed by atoms with Gasteiger partial charge in [-0.05, 0) is 50.6 Å². The van der Waals surface area contributed by atoms with Crippen molar-refractivity contribution < 1.29 is 0 Å². The van der Waals surface area contributed by atoms with E-state index in [2.05, 4.69) is 43.6 Å². The van der Waals surface area contributed by atoms with Crippen LogP contribution in [0, 0.1) is 12.3 Å². The predicted molar refractivity (Wildman–Crippen MR) is 86.2 cm³/mol. The molecule has 0 unspecified atom stereocenters. The molecule has 2 aliphatic carbocycles. The van der Waals surface area contributed by atoms with Gasteiger partial charge >= 0.3 is 0 Å². The third-order valence-electron chi connectivity index (χ3n) is 5.77. The minimum atomic E-state index is 0.410. The molecule has 0 atom stereocenters. The van der Waals surface area contributed by atoms with E-state index >= 15 is 0 Å². The largest absolute Gasteiger partial charge is 0.319 e. The first-order valence-electron chi connectivity index (χ1n) is 8.40. The number of hydrogen-bond acceptors (Lipinski definition) is 1. The van der Waals surface area contributed by atoms with Crippen LogP contribution in [0.5, 0.6) is 0 Å². The molecular formula is C19H29N. The molecule has 110 valence electrons. The Hall–Kier alpha value is -0.820. The highest BCUT2D eigenvalue weighted by Crippen LogP contribution is 2.61. The molecule has 2 saturated carbocycles. The molecule has 2 aliphatic rings. The lowest BCUT2D eigenvalue weighted by Gasteiger charge is -2.57. The molecule has 3 rings (SSSR count). The minimum absolute atomic E-state index is 0.410. The third kappa shape index (κ3) is 2.53. The zero-order chi connectivity index (χ0) is 14.1. The minimum Gasteiger partial charge on any atom is -0.319 e. The first-order chi connectivity index (χ1) is 9.68. The second-order valence-electron chi connectivity index (χ2n) is 7.44. The summed E-state index contributed by atoms with van der Waals surface area (Å²) in [6.07, 6.45) is 11.6. The van der Waals surface area contributed by atoms with Crippen LogP contribution >= 0.6 is 0 Å². The van der Waals surface area contributed by atoms with Crippen molar-refractivity contribution in [1.29, 1.82) is 0 Å². The van der Waals surface area contributed by atoms with Crippen LogP contribution in [0.2, 0.25) is 0 Å². The summed E-state index contributed by atoms with van der Waals surface area (Å²) in [5, 5.41) is 3.46. The van der Waals surface area contributed by atoms with Gasteiger partial charge in [0.15, 0.2) is 0 Å². The topological polar surface area (TPSA) is 12.0 Å². The standard InChI is InChI=1S/C19H29N/c1-16-7-9-17(10-8-16)19(15-20-2)13-18(14-19)11-5-3-4-6-12-18/h7-10,20H,3-6,11-15H2,1-2H3. The molecule has 1 nitrogen and oxygen atoms in total. The van der Waals surface area contributed by atoms with Gasteiger partial charge in [0, 0.05) is 12.0 Å². The van der Waals surface area contributed by atoms with E-state index in [-0.39, 0.29) is 0 Å². The van der Waals surface area contributed by atoms with Gasteiger partial charge in [0.25, 0.3) is 0 Å². The molecule has 0 bridgehead atoms. The average Bonchev–Trinajstić information content (AvgIpc) is 2.65. The molecule has 20 heavy (non-hydrogen) atoms. The number of rotatable bonds is 3. The lowest BCUT2D eigenvalue weighted by molar-refractivity contribution is 0.00721. The Morgan fingerprint density at radius 1 is 0.950 bits per heavy atom. The van der Waals surface area contributed by atoms with Gasteiger partial charge in [0.1, 0.15) is 0 Å². The van der Waals surface area contributed by atoms with Crippen LogP contribution in [0.25, 0.3) is 0 Å². The molecule has 1 aromatic carbocycles. The van der Waals surface area contributed by atoms with Crippen molar-refractivity contribution in [2.24, 2.45) is 5.41 Å². The van der Waals surface area contributed by atoms with Gasteiger partial charge in [-0.3, -0.25) is 0 Å². The monoisotopic (exact) mass is 271 g/mol. The Morgan fingerprint density at radius 3 is 2.10 bits per heavy atom. The van der Waals surface area contributed by atoms with Crippen LogP contribution in [0.1, 0.15) is 62.5 Å². The molecule has 1 heteroatoms. The summed E-state index contributed by atoms with van der Waals surface area (Å²) in [4.78, 5) is 0. The van der Waals surface area contributed by atoms with Crippen molar-refractivity contribution in [3.05, 3.63) is 35.4 Å². The highest BCUT2D eigenvalue weighted by Gasteiger charge is 2.53. The van der Waals surface area contributed by atoms with Crippen molar-refractivity contribution in [1.82, 2.24) is 5.32 Å². The van der Waals surface area contributed by atoms with Gasteiger partial charge in [-0.1, -0.05) is 55.5 Å². The summed E-state index contributed by atoms with van der Waals surface area (Å²) in [6.45, 7) is 3.32. The summed E-state index contributed by atoms with van der Waals surface area (Å²) in [7, 11) is 2.11. The first kappa shape index (κ1) is 14.1. The van der Waals surface area contributed by atoms with Crippen molar-refractivity contribution in [2.75, 3.05) is 13.6 Å². The van der Waals surface area contributed by atoms with Crippen molar-refractivity contribution in [2.45, 2.75) is 63.7 Å². The zero-order valence-electron chi connectivity index (χ0n) is 13.2. The van der Waals surface area contributed by atoms with Crippen LogP contribution in [-0.2, 0) is 5.41 Å². The quantitative estimate of drug-likeness (QED) is 0.848. The van der Waals surface area contributed by atoms with E-state index in [1.807, 2.05) is 0 Å². The molecule has 0 radical (unpaired) electrons. The number of nitrogens with one attached hydrogen (secondary N) is 1. The number of benzene rings is 1. The molecule has 0 amide bonds. The molecule has 1 aromatic rings. The fourth-order valence-corrected chi connectivity index (χ4v) is 4.89. The molecular weight excluding hydrogens is 242 g/mol. The number of likely N-dealkylation sites (N-methyl/N-ethyl adjacent to an activating group) is 1. The molecule has 0 heterocycles. The second-order valence-corrected chi connectivity index (χ2v) is 7.44. The Bertz CT molecular complexity index is 429. The van der Waals surface area contributed by atoms with Gasteiger partial charge in [-0.15, -0.1) is 0 Å². The van der Waals surface area contributed by atoms with Crippen molar-refractivity contribution in [3.8, 4) is 0 Å². The van der Waals surface area contributed by atoms with Crippen molar-refractivity contribution in [3.63, 3.8) is 0 Å². The molecule has 0 aromatic heterocycles. The van der Waals surface area contributed by atoms with Crippen LogP contribution in [0.4, 0.5) is 0 Å². The lowest BCUT2D eigenvalue weighted by atomic mass is 9.48. The number of hydrogen-bond donors (Lipinski definition) is 1. The van der Waals surface area contributed by atoms with Gasteiger partial charge in [-0.2, -0.15) is 0 Å². The van der Waals surface area contributed by atoms with E-state index in [0.717, 1.165) is 6.54 Å². The maximum atomic E-state index is 3.46. The summed E-state index contributed by atoms with van der Waals surface area (Å²) in [5.74, 6) is 0. The average molecular weight is 271 g/mol. The Morgan fingerprint density at radius 2 is 1.55 bits per heavy atom. The maximum absolute atomic E-state index is 3.46. The van der Waals surface area contributed by atoms with Crippen LogP contribution in [0.3, 0.4) is 0 Å². The molecule has 1 spiro atoms. The first-order valence-corrected chi connectivity index (χ1v) is 8.40. The van der Waals surface area contributed by atoms with E-state index in [9.17, 15) is 0 Å². The van der Waals surface area contributed by atoms with E-state index in [1.54, 1.807) is 5.56 Å². The third-order valence-corrected chi connectivity index (χ3v) is 5.77. The molecule has 0 aliphatic heterocycles. The predicted octanol–water partition coefficient (Wildman–Crippen LogP) is 4.59. The van der Waals surface area contributed by atoms with Crippen molar-refractivity contribution >= 4 is 0 Å². The van der Waals surface area contributed by atoms with E-state index < -0.39 is 0 Å². The summed E-state index contributed by atoms with van der Waals surface area (Å²) in [6, 6.07) is 9.31. The molecule has 2 fully saturated rings. The fraction of sp³-hybridized carbons (Fsp3) is 0.684. The summed E-state index contributed by atoms with van der Waals surface area (Å²) in [5.41, 5.74) is 4.02.